The zero-order valence-electron chi connectivity index (χ0n) is 21.4. The summed E-state index contributed by atoms with van der Waals surface area (Å²) in [6, 6.07) is 1.46. The van der Waals surface area contributed by atoms with E-state index < -0.39 is 0 Å². The molecule has 30 heavy (non-hydrogen) atoms. The molecule has 0 heterocycles. The molecule has 1 atom stereocenters. The second-order valence-corrected chi connectivity index (χ2v) is 11.0. The summed E-state index contributed by atoms with van der Waals surface area (Å²) in [5.41, 5.74) is 0. The third-order valence-corrected chi connectivity index (χ3v) is 7.49. The van der Waals surface area contributed by atoms with Crippen LogP contribution in [0.5, 0.6) is 0 Å². The van der Waals surface area contributed by atoms with Crippen LogP contribution < -0.4 is 0 Å². The largest absolute Gasteiger partial charge is 0.393 e. The molecule has 0 aliphatic heterocycles. The summed E-state index contributed by atoms with van der Waals surface area (Å²) in [5.74, 6) is 0. The predicted molar refractivity (Wildman–Crippen MR) is 142 cm³/mol. The van der Waals surface area contributed by atoms with Gasteiger partial charge in [-0.05, 0) is 12.8 Å². The average Bonchev–Trinajstić information content (AvgIpc) is 2.75. The zero-order valence-corrected chi connectivity index (χ0v) is 23.4. The van der Waals surface area contributed by atoms with Crippen molar-refractivity contribution >= 4 is 10.2 Å². The summed E-state index contributed by atoms with van der Waals surface area (Å²) < 4.78 is 0. The number of rotatable bonds is 26. The van der Waals surface area contributed by atoms with E-state index in [4.69, 9.17) is 0 Å². The molecule has 0 rings (SSSR count). The van der Waals surface area contributed by atoms with E-state index in [1.807, 2.05) is 0 Å². The fraction of sp³-hybridized carbons (Fsp3) is 1.00. The van der Waals surface area contributed by atoms with Crippen LogP contribution in [0.4, 0.5) is 0 Å². The van der Waals surface area contributed by atoms with E-state index in [-0.39, 0.29) is 6.10 Å². The molecular weight excluding hydrogens is 380 g/mol. The lowest BCUT2D eigenvalue weighted by Gasteiger charge is -2.10. The second kappa shape index (κ2) is 27.2. The summed E-state index contributed by atoms with van der Waals surface area (Å²) in [6.07, 6.45) is 34.6. The number of aliphatic hydroxyl groups excluding tert-OH is 1. The monoisotopic (exact) mass is 440 g/mol. The average molecular weight is 441 g/mol. The molecule has 0 bridgehead atoms. The number of unbranched alkanes of at least 4 members (excludes halogenated alkanes) is 21. The smallest absolute Gasteiger partial charge is 0.0540 e. The highest BCUT2D eigenvalue weighted by molar-refractivity contribution is 6.08. The summed E-state index contributed by atoms with van der Waals surface area (Å²) >= 11 is 0. The SMILES string of the molecule is CCCCCCCCCCCCCCCCCCCCC(O)CCCCCCC[SiH3]. The summed E-state index contributed by atoms with van der Waals surface area (Å²) in [4.78, 5) is 0. The first-order chi connectivity index (χ1) is 14.8. The predicted octanol–water partition coefficient (Wildman–Crippen LogP) is 8.90. The molecule has 0 saturated heterocycles. The van der Waals surface area contributed by atoms with Crippen molar-refractivity contribution in [2.24, 2.45) is 0 Å². The highest BCUT2D eigenvalue weighted by Gasteiger charge is 2.03. The van der Waals surface area contributed by atoms with Crippen LogP contribution in [0.15, 0.2) is 0 Å². The van der Waals surface area contributed by atoms with Crippen LogP contribution in [0.3, 0.4) is 0 Å². The molecule has 0 aromatic carbocycles. The maximum atomic E-state index is 10.1. The quantitative estimate of drug-likeness (QED) is 0.105. The van der Waals surface area contributed by atoms with E-state index in [0.717, 1.165) is 12.8 Å². The van der Waals surface area contributed by atoms with Crippen molar-refractivity contribution in [2.75, 3.05) is 0 Å². The van der Waals surface area contributed by atoms with Gasteiger partial charge in [0.1, 0.15) is 0 Å². The van der Waals surface area contributed by atoms with Crippen LogP contribution in [0, 0.1) is 0 Å². The Kier molecular flexibility index (Phi) is 27.4. The zero-order chi connectivity index (χ0) is 22.0. The van der Waals surface area contributed by atoms with Gasteiger partial charge < -0.3 is 5.11 Å². The molecule has 0 aliphatic rings. The first-order valence-corrected chi connectivity index (χ1v) is 15.9. The molecule has 0 saturated carbocycles. The second-order valence-electron chi connectivity index (χ2n) is 10.0. The Morgan fingerprint density at radius 1 is 0.433 bits per heavy atom. The van der Waals surface area contributed by atoms with E-state index >= 15 is 0 Å². The molecule has 182 valence electrons. The molecule has 0 fully saturated rings. The highest BCUT2D eigenvalue weighted by Crippen LogP contribution is 2.16. The van der Waals surface area contributed by atoms with Gasteiger partial charge in [0.2, 0.25) is 0 Å². The molecule has 0 aliphatic carbocycles. The normalized spacial score (nSPS) is 12.6. The van der Waals surface area contributed by atoms with Crippen molar-refractivity contribution in [3.63, 3.8) is 0 Å². The minimum absolute atomic E-state index is 0.0235. The van der Waals surface area contributed by atoms with Gasteiger partial charge >= 0.3 is 0 Å². The van der Waals surface area contributed by atoms with Crippen LogP contribution in [0.2, 0.25) is 6.04 Å². The lowest BCUT2D eigenvalue weighted by molar-refractivity contribution is 0.147. The Balaban J connectivity index is 3.09. The van der Waals surface area contributed by atoms with E-state index in [1.54, 1.807) is 0 Å². The van der Waals surface area contributed by atoms with Crippen molar-refractivity contribution in [3.05, 3.63) is 0 Å². The molecule has 2 heteroatoms. The lowest BCUT2D eigenvalue weighted by atomic mass is 10.0. The van der Waals surface area contributed by atoms with Crippen LogP contribution in [0.1, 0.15) is 167 Å². The van der Waals surface area contributed by atoms with Gasteiger partial charge in [-0.3, -0.25) is 0 Å². The van der Waals surface area contributed by atoms with Crippen molar-refractivity contribution in [2.45, 2.75) is 180 Å². The first-order valence-electron chi connectivity index (χ1n) is 14.5. The maximum absolute atomic E-state index is 10.1. The van der Waals surface area contributed by atoms with Gasteiger partial charge in [0.05, 0.1) is 6.10 Å². The van der Waals surface area contributed by atoms with E-state index in [2.05, 4.69) is 6.92 Å². The van der Waals surface area contributed by atoms with Gasteiger partial charge in [-0.15, -0.1) is 0 Å². The number of hydrogen-bond acceptors (Lipinski definition) is 1. The van der Waals surface area contributed by atoms with E-state index in [0.29, 0.717) is 0 Å². The molecule has 0 spiro atoms. The van der Waals surface area contributed by atoms with Gasteiger partial charge in [-0.1, -0.05) is 161 Å². The van der Waals surface area contributed by atoms with Gasteiger partial charge in [0, 0.05) is 10.2 Å². The molecular formula is C28H60OSi. The fourth-order valence-corrected chi connectivity index (χ4v) is 5.09. The minimum atomic E-state index is -0.0235. The summed E-state index contributed by atoms with van der Waals surface area (Å²) in [5, 5.41) is 10.1. The molecule has 0 aromatic heterocycles. The first kappa shape index (κ1) is 30.2. The lowest BCUT2D eigenvalue weighted by Crippen LogP contribution is -2.05. The highest BCUT2D eigenvalue weighted by atomic mass is 28.1. The van der Waals surface area contributed by atoms with Crippen LogP contribution in [-0.4, -0.2) is 21.5 Å². The van der Waals surface area contributed by atoms with Crippen LogP contribution >= 0.6 is 0 Å². The Bertz CT molecular complexity index is 294. The summed E-state index contributed by atoms with van der Waals surface area (Å²) in [6.45, 7) is 2.30. The molecule has 1 unspecified atom stereocenters. The standard InChI is InChI=1S/C28H60OSi/c1-2-3-4-5-6-7-8-9-10-11-12-13-14-15-16-17-19-22-25-28(29)26-23-20-18-21-24-27-30/h28-29H,2-27H2,1,30H3. The molecule has 0 radical (unpaired) electrons. The van der Waals surface area contributed by atoms with E-state index in [9.17, 15) is 5.11 Å². The third-order valence-electron chi connectivity index (χ3n) is 6.78. The van der Waals surface area contributed by atoms with Crippen LogP contribution in [-0.2, 0) is 0 Å². The molecule has 0 amide bonds. The maximum Gasteiger partial charge on any atom is 0.0540 e. The third kappa shape index (κ3) is 26.2. The van der Waals surface area contributed by atoms with Gasteiger partial charge in [-0.25, -0.2) is 0 Å². The number of hydrogen-bond donors (Lipinski definition) is 1. The Hall–Kier alpha value is 0.177. The molecule has 1 nitrogen and oxygen atoms in total. The van der Waals surface area contributed by atoms with Crippen molar-refractivity contribution in [3.8, 4) is 0 Å². The molecule has 1 N–H and O–H groups in total. The van der Waals surface area contributed by atoms with Gasteiger partial charge in [0.25, 0.3) is 0 Å². The van der Waals surface area contributed by atoms with Gasteiger partial charge in [0.15, 0.2) is 0 Å². The van der Waals surface area contributed by atoms with Crippen molar-refractivity contribution < 1.29 is 5.11 Å². The topological polar surface area (TPSA) is 20.2 Å². The van der Waals surface area contributed by atoms with Crippen molar-refractivity contribution in [1.82, 2.24) is 0 Å². The number of aliphatic hydroxyl groups is 1. The Morgan fingerprint density at radius 3 is 1.00 bits per heavy atom. The Morgan fingerprint density at radius 2 is 0.700 bits per heavy atom. The fourth-order valence-electron chi connectivity index (χ4n) is 4.59. The Labute approximate surface area is 195 Å². The van der Waals surface area contributed by atoms with Gasteiger partial charge in [-0.2, -0.15) is 0 Å². The minimum Gasteiger partial charge on any atom is -0.393 e. The van der Waals surface area contributed by atoms with E-state index in [1.165, 1.54) is 164 Å². The molecule has 0 aromatic rings. The van der Waals surface area contributed by atoms with Crippen molar-refractivity contribution in [1.29, 1.82) is 0 Å². The summed E-state index contributed by atoms with van der Waals surface area (Å²) in [7, 11) is 1.37. The van der Waals surface area contributed by atoms with Crippen LogP contribution in [0.25, 0.3) is 0 Å².